The fourth-order valence-electron chi connectivity index (χ4n) is 2.89. The van der Waals surface area contributed by atoms with Gasteiger partial charge in [0.25, 0.3) is 5.91 Å². The smallest absolute Gasteiger partial charge is 0.410 e. The number of piperidine rings is 1. The normalized spacial score (nSPS) is 16.4. The van der Waals surface area contributed by atoms with Gasteiger partial charge in [-0.25, -0.2) is 11.4 Å². The molecule has 0 unspecified atom stereocenters. The van der Waals surface area contributed by atoms with Gasteiger partial charge in [0.15, 0.2) is 5.60 Å². The second-order valence-electron chi connectivity index (χ2n) is 8.75. The molecule has 0 aromatic heterocycles. The molecule has 30 heavy (non-hydrogen) atoms. The Hall–Kier alpha value is -2.17. The number of rotatable bonds is 4. The largest absolute Gasteiger partial charge is 0.476 e. The van der Waals surface area contributed by atoms with Gasteiger partial charge in [-0.05, 0) is 52.8 Å². The summed E-state index contributed by atoms with van der Waals surface area (Å²) in [5, 5.41) is 3.56. The molecule has 2 amide bonds. The molecule has 1 fully saturated rings. The van der Waals surface area contributed by atoms with E-state index in [1.807, 2.05) is 0 Å². The molecule has 164 valence electrons. The van der Waals surface area contributed by atoms with Crippen LogP contribution in [0.3, 0.4) is 0 Å². The van der Waals surface area contributed by atoms with Crippen LogP contribution in [0.25, 0.3) is 4.85 Å². The first-order valence-electron chi connectivity index (χ1n) is 9.60. The molecule has 1 aliphatic rings. The lowest BCUT2D eigenvalue weighted by atomic mass is 9.96. The van der Waals surface area contributed by atoms with E-state index in [9.17, 15) is 9.59 Å². The highest BCUT2D eigenvalue weighted by Crippen LogP contribution is 2.31. The molecule has 1 heterocycles. The minimum absolute atomic E-state index is 0.286. The van der Waals surface area contributed by atoms with Crippen LogP contribution in [0.4, 0.5) is 4.79 Å². The Kier molecular flexibility index (Phi) is 7.16. The zero-order valence-electron chi connectivity index (χ0n) is 17.8. The van der Waals surface area contributed by atoms with Crippen LogP contribution >= 0.6 is 23.2 Å². The molecule has 0 saturated carbocycles. The van der Waals surface area contributed by atoms with E-state index in [0.717, 1.165) is 0 Å². The fraction of sp³-hybridized carbons (Fsp3) is 0.571. The van der Waals surface area contributed by atoms with Crippen molar-refractivity contribution in [1.82, 2.24) is 10.2 Å². The fourth-order valence-corrected chi connectivity index (χ4v) is 3.34. The van der Waals surface area contributed by atoms with Crippen molar-refractivity contribution < 1.29 is 19.1 Å². The van der Waals surface area contributed by atoms with E-state index < -0.39 is 28.9 Å². The average molecular weight is 456 g/mol. The zero-order valence-corrected chi connectivity index (χ0v) is 19.4. The third-order valence-electron chi connectivity index (χ3n) is 4.61. The van der Waals surface area contributed by atoms with Gasteiger partial charge in [-0.15, -0.1) is 0 Å². The van der Waals surface area contributed by atoms with Crippen molar-refractivity contribution in [2.24, 2.45) is 0 Å². The summed E-state index contributed by atoms with van der Waals surface area (Å²) < 4.78 is 11.2. The quantitative estimate of drug-likeness (QED) is 0.654. The number of benzene rings is 1. The van der Waals surface area contributed by atoms with Crippen molar-refractivity contribution in [1.29, 1.82) is 0 Å². The van der Waals surface area contributed by atoms with Crippen LogP contribution in [0.2, 0.25) is 10.0 Å². The predicted molar refractivity (Wildman–Crippen MR) is 116 cm³/mol. The van der Waals surface area contributed by atoms with Crippen molar-refractivity contribution in [3.63, 3.8) is 0 Å². The van der Waals surface area contributed by atoms with Crippen molar-refractivity contribution >= 4 is 35.2 Å². The van der Waals surface area contributed by atoms with Crippen LogP contribution in [0.15, 0.2) is 18.2 Å². The topological polar surface area (TPSA) is 72.2 Å². The van der Waals surface area contributed by atoms with Crippen LogP contribution in [-0.2, 0) is 9.53 Å². The van der Waals surface area contributed by atoms with Gasteiger partial charge in [-0.1, -0.05) is 23.2 Å². The third-order valence-corrected chi connectivity index (χ3v) is 5.14. The van der Waals surface area contributed by atoms with Crippen LogP contribution in [-0.4, -0.2) is 46.9 Å². The molecule has 9 heteroatoms. The molecule has 1 aromatic rings. The van der Waals surface area contributed by atoms with Crippen LogP contribution < -0.4 is 10.1 Å². The molecular weight excluding hydrogens is 429 g/mol. The third kappa shape index (κ3) is 6.16. The van der Waals surface area contributed by atoms with E-state index >= 15 is 0 Å². The van der Waals surface area contributed by atoms with Crippen molar-refractivity contribution in [2.75, 3.05) is 13.1 Å². The minimum Gasteiger partial charge on any atom is -0.476 e. The Morgan fingerprint density at radius 3 is 2.27 bits per heavy atom. The molecular formula is C21H27Cl2N3O4. The maximum absolute atomic E-state index is 12.9. The number of likely N-dealkylation sites (tertiary alicyclic amines) is 1. The Bertz CT molecular complexity index is 851. The number of carbonyl (C=O) groups is 2. The van der Waals surface area contributed by atoms with Crippen molar-refractivity contribution in [3.8, 4) is 5.75 Å². The lowest BCUT2D eigenvalue weighted by Crippen LogP contribution is -2.59. The van der Waals surface area contributed by atoms with E-state index in [2.05, 4.69) is 10.2 Å². The molecule has 0 aliphatic carbocycles. The lowest BCUT2D eigenvalue weighted by Gasteiger charge is -2.36. The van der Waals surface area contributed by atoms with E-state index in [1.54, 1.807) is 51.7 Å². The summed E-state index contributed by atoms with van der Waals surface area (Å²) in [6.45, 7) is 16.8. The average Bonchev–Trinajstić information content (AvgIpc) is 2.63. The Morgan fingerprint density at radius 2 is 1.77 bits per heavy atom. The Morgan fingerprint density at radius 1 is 1.17 bits per heavy atom. The molecule has 1 aromatic carbocycles. The van der Waals surface area contributed by atoms with Crippen molar-refractivity contribution in [3.05, 3.63) is 39.7 Å². The highest BCUT2D eigenvalue weighted by atomic mass is 35.5. The number of carbonyl (C=O) groups excluding carboxylic acids is 2. The molecule has 2 rings (SSSR count). The Balaban J connectivity index is 2.03. The molecule has 0 spiro atoms. The van der Waals surface area contributed by atoms with E-state index in [4.69, 9.17) is 39.2 Å². The minimum atomic E-state index is -1.28. The number of hydrogen-bond acceptors (Lipinski definition) is 4. The van der Waals surface area contributed by atoms with Gasteiger partial charge in [-0.3, -0.25) is 15.0 Å². The molecule has 1 N–H and O–H groups in total. The van der Waals surface area contributed by atoms with Gasteiger partial charge in [0.2, 0.25) is 0 Å². The second kappa shape index (κ2) is 8.91. The van der Waals surface area contributed by atoms with Gasteiger partial charge in [0.1, 0.15) is 11.4 Å². The first kappa shape index (κ1) is 24.1. The van der Waals surface area contributed by atoms with Gasteiger partial charge >= 0.3 is 11.8 Å². The first-order chi connectivity index (χ1) is 13.8. The predicted octanol–water partition coefficient (Wildman–Crippen LogP) is 4.91. The summed E-state index contributed by atoms with van der Waals surface area (Å²) in [6, 6.07) is 4.73. The van der Waals surface area contributed by atoms with E-state index in [0.29, 0.717) is 36.7 Å². The zero-order chi connectivity index (χ0) is 22.7. The van der Waals surface area contributed by atoms with Crippen LogP contribution in [0.1, 0.15) is 47.5 Å². The highest BCUT2D eigenvalue weighted by Gasteiger charge is 2.46. The summed E-state index contributed by atoms with van der Waals surface area (Å²) >= 11 is 12.0. The molecule has 0 bridgehead atoms. The number of hydrogen-bond donors (Lipinski definition) is 1. The van der Waals surface area contributed by atoms with Crippen molar-refractivity contribution in [2.45, 2.75) is 64.3 Å². The number of ether oxygens (including phenoxy) is 2. The molecule has 1 aliphatic heterocycles. The van der Waals surface area contributed by atoms with Gasteiger partial charge in [-0.2, -0.15) is 0 Å². The van der Waals surface area contributed by atoms with Crippen LogP contribution in [0.5, 0.6) is 5.75 Å². The highest BCUT2D eigenvalue weighted by molar-refractivity contribution is 6.35. The number of nitrogens with one attached hydrogen (secondary N) is 1. The van der Waals surface area contributed by atoms with Gasteiger partial charge < -0.3 is 14.4 Å². The summed E-state index contributed by atoms with van der Waals surface area (Å²) in [6.07, 6.45) is 0.159. The SMILES string of the molecule is [C-]#[N+]C1(NC(=O)C(C)(C)Oc2ccc(Cl)cc2Cl)CCN(C(=O)OC(C)(C)C)CC1. The van der Waals surface area contributed by atoms with Gasteiger partial charge in [0.05, 0.1) is 17.9 Å². The van der Waals surface area contributed by atoms with Gasteiger partial charge in [0, 0.05) is 18.1 Å². The monoisotopic (exact) mass is 455 g/mol. The molecule has 0 atom stereocenters. The molecule has 7 nitrogen and oxygen atoms in total. The van der Waals surface area contributed by atoms with Crippen LogP contribution in [0, 0.1) is 6.57 Å². The number of amides is 2. The maximum atomic E-state index is 12.9. The summed E-state index contributed by atoms with van der Waals surface area (Å²) in [5.41, 5.74) is -2.98. The van der Waals surface area contributed by atoms with E-state index in [-0.39, 0.29) is 5.02 Å². The number of nitrogens with zero attached hydrogens (tertiary/aromatic N) is 2. The Labute approximate surface area is 187 Å². The summed E-state index contributed by atoms with van der Waals surface area (Å²) in [4.78, 5) is 30.4. The molecule has 1 saturated heterocycles. The first-order valence-corrected chi connectivity index (χ1v) is 10.4. The lowest BCUT2D eigenvalue weighted by molar-refractivity contribution is -0.136. The number of halogens is 2. The molecule has 0 radical (unpaired) electrons. The summed E-state index contributed by atoms with van der Waals surface area (Å²) in [5.74, 6) is -0.131. The standard InChI is InChI=1S/C21H27Cl2N3O4/c1-19(2,3)30-18(28)26-11-9-21(24-6,10-12-26)25-17(27)20(4,5)29-16-8-7-14(22)13-15(16)23/h7-8,13H,9-12H2,1-5H3,(H,25,27). The van der Waals surface area contributed by atoms with E-state index in [1.165, 1.54) is 6.07 Å². The second-order valence-corrected chi connectivity index (χ2v) is 9.60. The summed E-state index contributed by atoms with van der Waals surface area (Å²) in [7, 11) is 0. The maximum Gasteiger partial charge on any atom is 0.410 e.